The molecule has 170 valence electrons. The molecule has 0 heterocycles. The Morgan fingerprint density at radius 1 is 0.571 bits per heavy atom. The van der Waals surface area contributed by atoms with Gasteiger partial charge in [0.15, 0.2) is 0 Å². The Morgan fingerprint density at radius 2 is 1.04 bits per heavy atom. The molecule has 0 bridgehead atoms. The molecule has 28 heavy (non-hydrogen) atoms. The van der Waals surface area contributed by atoms with Crippen LogP contribution in [0.25, 0.3) is 0 Å². The molecule has 1 unspecified atom stereocenters. The van der Waals surface area contributed by atoms with Crippen LogP contribution in [0.4, 0.5) is 0 Å². The molecule has 0 saturated carbocycles. The molecule has 0 aliphatic rings. The number of hydrogen-bond donors (Lipinski definition) is 0. The van der Waals surface area contributed by atoms with E-state index in [4.69, 9.17) is 8.85 Å². The molecule has 0 spiro atoms. The highest BCUT2D eigenvalue weighted by molar-refractivity contribution is 6.67. The van der Waals surface area contributed by atoms with Crippen molar-refractivity contribution in [3.63, 3.8) is 0 Å². The molecule has 0 aliphatic heterocycles. The second-order valence-electron chi connectivity index (χ2n) is 8.91. The maximum atomic E-state index is 6.37. The Labute approximate surface area is 179 Å². The predicted molar refractivity (Wildman–Crippen MR) is 128 cm³/mol. The monoisotopic (exact) mass is 414 g/mol. The van der Waals surface area contributed by atoms with Gasteiger partial charge in [-0.25, -0.2) is 0 Å². The molecule has 0 aromatic rings. The first-order chi connectivity index (χ1) is 13.6. The summed E-state index contributed by atoms with van der Waals surface area (Å²) < 4.78 is 12.7. The molecule has 0 aromatic carbocycles. The van der Waals surface area contributed by atoms with Gasteiger partial charge in [-0.1, -0.05) is 118 Å². The quantitative estimate of drug-likeness (QED) is 0.130. The van der Waals surface area contributed by atoms with Crippen molar-refractivity contribution in [3.05, 3.63) is 0 Å². The summed E-state index contributed by atoms with van der Waals surface area (Å²) in [6.45, 7) is 13.2. The van der Waals surface area contributed by atoms with Gasteiger partial charge in [-0.15, -0.1) is 0 Å². The van der Waals surface area contributed by atoms with E-state index in [1.54, 1.807) is 0 Å². The van der Waals surface area contributed by atoms with Crippen LogP contribution in [-0.4, -0.2) is 21.8 Å². The molecular weight excluding hydrogens is 360 g/mol. The lowest BCUT2D eigenvalue weighted by Gasteiger charge is -2.30. The van der Waals surface area contributed by atoms with Crippen molar-refractivity contribution in [2.45, 2.75) is 143 Å². The van der Waals surface area contributed by atoms with Gasteiger partial charge in [-0.3, -0.25) is 0 Å². The average molecular weight is 415 g/mol. The fourth-order valence-electron chi connectivity index (χ4n) is 3.95. The Balaban J connectivity index is 3.59. The van der Waals surface area contributed by atoms with E-state index in [9.17, 15) is 0 Å². The summed E-state index contributed by atoms with van der Waals surface area (Å²) >= 11 is 0. The molecule has 3 heteroatoms. The predicted octanol–water partition coefficient (Wildman–Crippen LogP) is 9.03. The summed E-state index contributed by atoms with van der Waals surface area (Å²) in [4.78, 5) is 0. The SMILES string of the molecule is CCCCCCCCCCCCCCCO[Si](CC)(CC)OCC(C)CCC. The minimum Gasteiger partial charge on any atom is -0.394 e. The second-order valence-corrected chi connectivity index (χ2v) is 12.7. The Kier molecular flexibility index (Phi) is 20.5. The van der Waals surface area contributed by atoms with Gasteiger partial charge in [-0.2, -0.15) is 0 Å². The second kappa shape index (κ2) is 20.4. The van der Waals surface area contributed by atoms with Gasteiger partial charge in [0.05, 0.1) is 0 Å². The lowest BCUT2D eigenvalue weighted by Crippen LogP contribution is -2.42. The van der Waals surface area contributed by atoms with Crippen molar-refractivity contribution in [2.75, 3.05) is 13.2 Å². The van der Waals surface area contributed by atoms with Crippen LogP contribution in [0.2, 0.25) is 12.1 Å². The highest BCUT2D eigenvalue weighted by Crippen LogP contribution is 2.21. The van der Waals surface area contributed by atoms with Crippen LogP contribution in [0.15, 0.2) is 0 Å². The van der Waals surface area contributed by atoms with E-state index in [1.807, 2.05) is 0 Å². The zero-order valence-electron chi connectivity index (χ0n) is 20.3. The molecule has 0 fully saturated rings. The Hall–Kier alpha value is 0.137. The van der Waals surface area contributed by atoms with Crippen LogP contribution in [0.5, 0.6) is 0 Å². The van der Waals surface area contributed by atoms with Crippen molar-refractivity contribution >= 4 is 8.56 Å². The molecule has 2 nitrogen and oxygen atoms in total. The van der Waals surface area contributed by atoms with Gasteiger partial charge < -0.3 is 8.85 Å². The number of hydrogen-bond acceptors (Lipinski definition) is 2. The fraction of sp³-hybridized carbons (Fsp3) is 1.00. The maximum absolute atomic E-state index is 6.37. The number of rotatable bonds is 22. The molecule has 0 aliphatic carbocycles. The standard InChI is InChI=1S/C25H54O2Si/c1-6-10-11-12-13-14-15-16-17-18-19-20-21-23-26-28(8-3,9-4)27-24-25(5)22-7-2/h25H,6-24H2,1-5H3. The lowest BCUT2D eigenvalue weighted by molar-refractivity contribution is 0.144. The van der Waals surface area contributed by atoms with E-state index >= 15 is 0 Å². The van der Waals surface area contributed by atoms with Crippen molar-refractivity contribution in [2.24, 2.45) is 5.92 Å². The number of unbranched alkanes of at least 4 members (excludes halogenated alkanes) is 12. The third-order valence-corrected chi connectivity index (χ3v) is 9.68. The van der Waals surface area contributed by atoms with Crippen LogP contribution >= 0.6 is 0 Å². The minimum absolute atomic E-state index is 0.662. The summed E-state index contributed by atoms with van der Waals surface area (Å²) in [5, 5.41) is 0. The Bertz CT molecular complexity index is 305. The highest BCUT2D eigenvalue weighted by Gasteiger charge is 2.33. The first-order valence-corrected chi connectivity index (χ1v) is 15.1. The summed E-state index contributed by atoms with van der Waals surface area (Å²) in [6.07, 6.45) is 20.7. The molecule has 0 N–H and O–H groups in total. The fourth-order valence-corrected chi connectivity index (χ4v) is 6.45. The summed E-state index contributed by atoms with van der Waals surface area (Å²) in [5.74, 6) is 0.662. The first kappa shape index (κ1) is 28.1. The van der Waals surface area contributed by atoms with E-state index < -0.39 is 8.56 Å². The van der Waals surface area contributed by atoms with Crippen LogP contribution in [-0.2, 0) is 8.85 Å². The maximum Gasteiger partial charge on any atom is 0.337 e. The van der Waals surface area contributed by atoms with E-state index in [1.165, 1.54) is 96.3 Å². The molecule has 0 radical (unpaired) electrons. The van der Waals surface area contributed by atoms with Gasteiger partial charge in [0.1, 0.15) is 0 Å². The van der Waals surface area contributed by atoms with Crippen molar-refractivity contribution in [3.8, 4) is 0 Å². The van der Waals surface area contributed by atoms with E-state index in [0.29, 0.717) is 5.92 Å². The topological polar surface area (TPSA) is 18.5 Å². The minimum atomic E-state index is -1.94. The van der Waals surface area contributed by atoms with Gasteiger partial charge in [0.2, 0.25) is 0 Å². The largest absolute Gasteiger partial charge is 0.394 e. The van der Waals surface area contributed by atoms with Crippen LogP contribution in [0.1, 0.15) is 131 Å². The van der Waals surface area contributed by atoms with Crippen molar-refractivity contribution < 1.29 is 8.85 Å². The van der Waals surface area contributed by atoms with E-state index in [0.717, 1.165) is 25.3 Å². The Morgan fingerprint density at radius 3 is 1.46 bits per heavy atom. The van der Waals surface area contributed by atoms with Gasteiger partial charge >= 0.3 is 8.56 Å². The van der Waals surface area contributed by atoms with Crippen LogP contribution in [0, 0.1) is 5.92 Å². The van der Waals surface area contributed by atoms with Gasteiger partial charge in [0, 0.05) is 13.2 Å². The molecule has 0 rings (SSSR count). The van der Waals surface area contributed by atoms with E-state index in [-0.39, 0.29) is 0 Å². The average Bonchev–Trinajstić information content (AvgIpc) is 2.71. The van der Waals surface area contributed by atoms with Gasteiger partial charge in [0.25, 0.3) is 0 Å². The summed E-state index contributed by atoms with van der Waals surface area (Å²) in [7, 11) is -1.94. The first-order valence-electron chi connectivity index (χ1n) is 12.9. The lowest BCUT2D eigenvalue weighted by atomic mass is 10.0. The third kappa shape index (κ3) is 16.0. The molecule has 0 aromatic heterocycles. The normalized spacial score (nSPS) is 13.2. The molecule has 0 amide bonds. The van der Waals surface area contributed by atoms with Crippen LogP contribution in [0.3, 0.4) is 0 Å². The van der Waals surface area contributed by atoms with Crippen molar-refractivity contribution in [1.29, 1.82) is 0 Å². The van der Waals surface area contributed by atoms with Gasteiger partial charge in [-0.05, 0) is 30.8 Å². The summed E-state index contributed by atoms with van der Waals surface area (Å²) in [5.41, 5.74) is 0. The molecule has 0 saturated heterocycles. The highest BCUT2D eigenvalue weighted by atomic mass is 28.4. The zero-order chi connectivity index (χ0) is 20.9. The summed E-state index contributed by atoms with van der Waals surface area (Å²) in [6, 6.07) is 2.17. The molecular formula is C25H54O2Si. The zero-order valence-corrected chi connectivity index (χ0v) is 21.3. The third-order valence-electron chi connectivity index (χ3n) is 6.10. The van der Waals surface area contributed by atoms with Crippen molar-refractivity contribution in [1.82, 2.24) is 0 Å². The van der Waals surface area contributed by atoms with E-state index in [2.05, 4.69) is 34.6 Å². The smallest absolute Gasteiger partial charge is 0.337 e. The van der Waals surface area contributed by atoms with Crippen LogP contribution < -0.4 is 0 Å². The molecule has 1 atom stereocenters.